The Morgan fingerprint density at radius 1 is 1.03 bits per heavy atom. The lowest BCUT2D eigenvalue weighted by atomic mass is 9.37. The van der Waals surface area contributed by atoms with Crippen molar-refractivity contribution < 1.29 is 28.6 Å². The molecule has 0 spiro atoms. The molecule has 4 rings (SSSR count). The quantitative estimate of drug-likeness (QED) is 0.483. The highest BCUT2D eigenvalue weighted by Crippen LogP contribution is 2.71. The van der Waals surface area contributed by atoms with Crippen LogP contribution in [0.25, 0.3) is 0 Å². The van der Waals surface area contributed by atoms with Crippen molar-refractivity contribution in [2.75, 3.05) is 6.61 Å². The molecule has 7 unspecified atom stereocenters. The van der Waals surface area contributed by atoms with E-state index in [0.717, 1.165) is 25.7 Å². The highest BCUT2D eigenvalue weighted by atomic mass is 16.6. The first-order chi connectivity index (χ1) is 14.3. The maximum atomic E-state index is 12.5. The van der Waals surface area contributed by atoms with Crippen molar-refractivity contribution in [2.24, 2.45) is 34.0 Å². The monoisotopic (exact) mass is 434 g/mol. The van der Waals surface area contributed by atoms with Gasteiger partial charge in [0.15, 0.2) is 0 Å². The van der Waals surface area contributed by atoms with Gasteiger partial charge in [0.25, 0.3) is 0 Å². The normalized spacial score (nSPS) is 45.5. The van der Waals surface area contributed by atoms with Gasteiger partial charge in [0.05, 0.1) is 13.0 Å². The summed E-state index contributed by atoms with van der Waals surface area (Å²) in [4.78, 5) is 36.6. The molecular weight excluding hydrogens is 396 g/mol. The maximum Gasteiger partial charge on any atom is 0.306 e. The Hall–Kier alpha value is -1.59. The molecule has 7 atom stereocenters. The summed E-state index contributed by atoms with van der Waals surface area (Å²) in [6, 6.07) is 0. The number of hydrogen-bond donors (Lipinski definition) is 0. The van der Waals surface area contributed by atoms with E-state index >= 15 is 0 Å². The van der Waals surface area contributed by atoms with Gasteiger partial charge in [-0.1, -0.05) is 27.2 Å². The Morgan fingerprint density at radius 2 is 1.74 bits per heavy atom. The lowest BCUT2D eigenvalue weighted by molar-refractivity contribution is -0.258. The molecule has 1 heterocycles. The standard InChI is InChI=1S/C25H38O6/c1-15(26)29-14-25-11-8-18-22(3,4)9-7-10-23(18,5)21(25)17(30-16(2)27)13-24(6)19(25)12-20(28)31-24/h17-19,21H,7-14H2,1-6H3. The van der Waals surface area contributed by atoms with Gasteiger partial charge in [-0.05, 0) is 49.4 Å². The van der Waals surface area contributed by atoms with E-state index in [1.807, 2.05) is 6.92 Å². The summed E-state index contributed by atoms with van der Waals surface area (Å²) in [5.41, 5.74) is -1.01. The van der Waals surface area contributed by atoms with E-state index in [2.05, 4.69) is 20.8 Å². The largest absolute Gasteiger partial charge is 0.465 e. The van der Waals surface area contributed by atoms with E-state index < -0.39 is 11.0 Å². The van der Waals surface area contributed by atoms with Crippen molar-refractivity contribution in [3.8, 4) is 0 Å². The van der Waals surface area contributed by atoms with E-state index in [4.69, 9.17) is 14.2 Å². The van der Waals surface area contributed by atoms with Crippen molar-refractivity contribution in [2.45, 2.75) is 98.2 Å². The topological polar surface area (TPSA) is 78.9 Å². The van der Waals surface area contributed by atoms with Crippen molar-refractivity contribution in [1.82, 2.24) is 0 Å². The van der Waals surface area contributed by atoms with Crippen LogP contribution in [0.5, 0.6) is 0 Å². The van der Waals surface area contributed by atoms with Gasteiger partial charge >= 0.3 is 17.9 Å². The average molecular weight is 435 g/mol. The summed E-state index contributed by atoms with van der Waals surface area (Å²) in [6.07, 6.45) is 5.75. The predicted molar refractivity (Wildman–Crippen MR) is 114 cm³/mol. The molecule has 4 fully saturated rings. The van der Waals surface area contributed by atoms with Gasteiger partial charge in [-0.2, -0.15) is 0 Å². The molecule has 1 aliphatic heterocycles. The number of esters is 3. The van der Waals surface area contributed by atoms with E-state index in [0.29, 0.717) is 18.8 Å². The number of carbonyl (C=O) groups is 3. The van der Waals surface area contributed by atoms with E-state index in [1.165, 1.54) is 20.3 Å². The summed E-state index contributed by atoms with van der Waals surface area (Å²) in [6.45, 7) is 12.2. The molecular formula is C25H38O6. The minimum absolute atomic E-state index is 0.0224. The molecule has 3 aliphatic carbocycles. The molecule has 1 saturated heterocycles. The summed E-state index contributed by atoms with van der Waals surface area (Å²) in [5, 5.41) is 0. The lowest BCUT2D eigenvalue weighted by Gasteiger charge is -2.68. The van der Waals surface area contributed by atoms with Crippen LogP contribution in [0.15, 0.2) is 0 Å². The van der Waals surface area contributed by atoms with Crippen molar-refractivity contribution in [1.29, 1.82) is 0 Å². The Labute approximate surface area is 185 Å². The molecule has 0 aromatic heterocycles. The van der Waals surface area contributed by atoms with Crippen LogP contribution in [0.3, 0.4) is 0 Å². The second kappa shape index (κ2) is 7.21. The number of hydrogen-bond acceptors (Lipinski definition) is 6. The highest BCUT2D eigenvalue weighted by Gasteiger charge is 2.72. The second-order valence-electron chi connectivity index (χ2n) is 11.8. The van der Waals surface area contributed by atoms with Gasteiger partial charge in [0.1, 0.15) is 11.7 Å². The molecule has 0 bridgehead atoms. The van der Waals surface area contributed by atoms with Gasteiger partial charge in [-0.15, -0.1) is 0 Å². The second-order valence-corrected chi connectivity index (χ2v) is 11.8. The van der Waals surface area contributed by atoms with Gasteiger partial charge < -0.3 is 14.2 Å². The smallest absolute Gasteiger partial charge is 0.306 e. The van der Waals surface area contributed by atoms with Gasteiger partial charge in [0.2, 0.25) is 0 Å². The molecule has 3 saturated carbocycles. The summed E-state index contributed by atoms with van der Waals surface area (Å²) < 4.78 is 17.6. The third kappa shape index (κ3) is 3.39. The highest BCUT2D eigenvalue weighted by molar-refractivity contribution is 5.73. The van der Waals surface area contributed by atoms with Crippen molar-refractivity contribution >= 4 is 17.9 Å². The Bertz CT molecular complexity index is 789. The summed E-state index contributed by atoms with van der Waals surface area (Å²) in [5.74, 6) is -0.358. The molecule has 31 heavy (non-hydrogen) atoms. The fourth-order valence-electron chi connectivity index (χ4n) is 8.76. The number of ether oxygens (including phenoxy) is 3. The Morgan fingerprint density at radius 3 is 2.39 bits per heavy atom. The number of fused-ring (bicyclic) bond motifs is 5. The molecule has 0 aromatic carbocycles. The fraction of sp³-hybridized carbons (Fsp3) is 0.880. The van der Waals surface area contributed by atoms with Crippen LogP contribution in [0.4, 0.5) is 0 Å². The first-order valence-corrected chi connectivity index (χ1v) is 11.9. The lowest BCUT2D eigenvalue weighted by Crippen LogP contribution is -2.68. The number of carbonyl (C=O) groups excluding carboxylic acids is 3. The first-order valence-electron chi connectivity index (χ1n) is 11.9. The minimum Gasteiger partial charge on any atom is -0.465 e. The van der Waals surface area contributed by atoms with Crippen LogP contribution in [0.1, 0.15) is 86.5 Å². The molecule has 0 amide bonds. The zero-order valence-electron chi connectivity index (χ0n) is 19.9. The van der Waals surface area contributed by atoms with Crippen molar-refractivity contribution in [3.05, 3.63) is 0 Å². The molecule has 174 valence electrons. The van der Waals surface area contributed by atoms with Gasteiger partial charge in [-0.25, -0.2) is 0 Å². The van der Waals surface area contributed by atoms with Crippen molar-refractivity contribution in [3.63, 3.8) is 0 Å². The molecule has 0 N–H and O–H groups in total. The zero-order chi connectivity index (χ0) is 22.8. The molecule has 6 nitrogen and oxygen atoms in total. The van der Waals surface area contributed by atoms with Crippen LogP contribution < -0.4 is 0 Å². The van der Waals surface area contributed by atoms with Gasteiger partial charge in [0, 0.05) is 37.5 Å². The molecule has 0 radical (unpaired) electrons. The van der Waals surface area contributed by atoms with Crippen LogP contribution >= 0.6 is 0 Å². The van der Waals surface area contributed by atoms with E-state index in [9.17, 15) is 14.4 Å². The SMILES string of the molecule is CC(=O)OCC12CCC3C(C)(C)CCCC3(C)C1C(OC(C)=O)CC1(C)OC(=O)CC12. The van der Waals surface area contributed by atoms with E-state index in [-0.39, 0.29) is 53.3 Å². The third-order valence-corrected chi connectivity index (χ3v) is 9.49. The zero-order valence-corrected chi connectivity index (χ0v) is 19.9. The Kier molecular flexibility index (Phi) is 5.26. The van der Waals surface area contributed by atoms with Crippen LogP contribution in [-0.4, -0.2) is 36.2 Å². The van der Waals surface area contributed by atoms with Crippen LogP contribution in [0, 0.1) is 34.0 Å². The molecule has 4 aliphatic rings. The fourth-order valence-corrected chi connectivity index (χ4v) is 8.76. The summed E-state index contributed by atoms with van der Waals surface area (Å²) >= 11 is 0. The number of rotatable bonds is 3. The van der Waals surface area contributed by atoms with Crippen LogP contribution in [-0.2, 0) is 28.6 Å². The van der Waals surface area contributed by atoms with E-state index in [1.54, 1.807) is 0 Å². The minimum atomic E-state index is -0.707. The molecule has 0 aromatic rings. The molecule has 6 heteroatoms. The predicted octanol–water partition coefficient (Wildman–Crippen LogP) is 4.44. The third-order valence-electron chi connectivity index (χ3n) is 9.49. The van der Waals surface area contributed by atoms with Gasteiger partial charge in [-0.3, -0.25) is 14.4 Å². The maximum absolute atomic E-state index is 12.5. The summed E-state index contributed by atoms with van der Waals surface area (Å²) in [7, 11) is 0. The Balaban J connectivity index is 1.87. The first kappa shape index (κ1) is 22.6. The van der Waals surface area contributed by atoms with Crippen LogP contribution in [0.2, 0.25) is 0 Å². The average Bonchev–Trinajstić information content (AvgIpc) is 2.92.